The molecule has 1 unspecified atom stereocenters. The molecule has 1 aliphatic heterocycles. The predicted molar refractivity (Wildman–Crippen MR) is 92.4 cm³/mol. The zero-order valence-electron chi connectivity index (χ0n) is 16.2. The zero-order valence-corrected chi connectivity index (χ0v) is 17.2. The normalized spacial score (nSPS) is 15.9. The Labute approximate surface area is 178 Å². The maximum absolute atomic E-state index is 13.2. The number of aryl methyl sites for hydroxylation is 2. The molecule has 3 nitrogen and oxygen atoms in total. The number of benzene rings is 2. The summed E-state index contributed by atoms with van der Waals surface area (Å²) in [4.78, 5) is 11.2. The third-order valence-electron chi connectivity index (χ3n) is 4.49. The number of alkyl halides is 3. The number of carbonyl (C=O) groups is 1. The molecule has 3 rings (SSSR count). The minimum absolute atomic E-state index is 0. The topological polar surface area (TPSA) is 46.5 Å². The van der Waals surface area contributed by atoms with Crippen molar-refractivity contribution >= 4 is 12.0 Å². The zero-order chi connectivity index (χ0) is 19.1. The van der Waals surface area contributed by atoms with Crippen molar-refractivity contribution in [2.45, 2.75) is 32.5 Å². The largest absolute Gasteiger partial charge is 1.00 e. The molecule has 0 radical (unpaired) electrons. The number of halogens is 3. The molecule has 2 aromatic rings. The van der Waals surface area contributed by atoms with Gasteiger partial charge in [-0.05, 0) is 60.7 Å². The van der Waals surface area contributed by atoms with Gasteiger partial charge in [0, 0.05) is 5.56 Å². The van der Waals surface area contributed by atoms with Crippen molar-refractivity contribution in [1.29, 1.82) is 0 Å². The van der Waals surface area contributed by atoms with Crippen LogP contribution < -0.4 is 34.3 Å². The van der Waals surface area contributed by atoms with Crippen LogP contribution in [-0.2, 0) is 11.2 Å². The molecule has 1 N–H and O–H groups in total. The molecule has 0 spiro atoms. The molecule has 2 aromatic carbocycles. The van der Waals surface area contributed by atoms with Crippen LogP contribution in [0.25, 0.3) is 6.08 Å². The summed E-state index contributed by atoms with van der Waals surface area (Å²) < 4.78 is 44.6. The maximum Gasteiger partial charge on any atom is 1.00 e. The summed E-state index contributed by atoms with van der Waals surface area (Å²) >= 11 is 0. The van der Waals surface area contributed by atoms with Crippen molar-refractivity contribution in [2.24, 2.45) is 0 Å². The third-order valence-corrected chi connectivity index (χ3v) is 4.49. The van der Waals surface area contributed by atoms with Gasteiger partial charge in [0.15, 0.2) is 0 Å². The Bertz CT molecular complexity index is 910. The van der Waals surface area contributed by atoms with Crippen LogP contribution in [0, 0.1) is 13.8 Å². The summed E-state index contributed by atoms with van der Waals surface area (Å²) in [5.74, 6) is -1.59. The third kappa shape index (κ3) is 4.57. The van der Waals surface area contributed by atoms with Gasteiger partial charge in [-0.25, -0.2) is 4.79 Å². The van der Waals surface area contributed by atoms with Crippen LogP contribution in [0.1, 0.15) is 29.2 Å². The molecule has 1 heterocycles. The summed E-state index contributed by atoms with van der Waals surface area (Å²) in [5, 5.41) is 9.10. The first-order chi connectivity index (χ1) is 12.2. The first-order valence-electron chi connectivity index (χ1n) is 8.03. The molecule has 0 fully saturated rings. The van der Waals surface area contributed by atoms with Crippen LogP contribution >= 0.6 is 0 Å². The molecule has 1 aliphatic rings. The van der Waals surface area contributed by atoms with Crippen molar-refractivity contribution in [2.75, 3.05) is 0 Å². The number of hydrogen-bond acceptors (Lipinski definition) is 2. The molecule has 0 aromatic heterocycles. The van der Waals surface area contributed by atoms with Gasteiger partial charge in [-0.15, -0.1) is 0 Å². The minimum atomic E-state index is -4.80. The van der Waals surface area contributed by atoms with Crippen LogP contribution in [0.2, 0.25) is 0 Å². The van der Waals surface area contributed by atoms with E-state index in [2.05, 4.69) is 0 Å². The Morgan fingerprint density at radius 2 is 1.81 bits per heavy atom. The van der Waals surface area contributed by atoms with E-state index in [-0.39, 0.29) is 36.7 Å². The van der Waals surface area contributed by atoms with E-state index in [1.165, 1.54) is 0 Å². The molecule has 27 heavy (non-hydrogen) atoms. The Hall–Kier alpha value is -1.76. The fraction of sp³-hybridized carbons (Fsp3) is 0.250. The number of aliphatic carboxylic acids is 1. The number of carboxylic acids is 1. The standard InChI is InChI=1S/C20H17F3O3.Na.H/c1-11-5-3-4-6-13(11)8-14-10-17-15(7-12(14)2)9-16(19(24)25)18(26-17)20(21,22)23;;/h3-7,9-10,18H,8H2,1-2H3,(H,24,25);;/q;+1;-1. The summed E-state index contributed by atoms with van der Waals surface area (Å²) in [6, 6.07) is 11.0. The molecule has 7 heteroatoms. The molecule has 0 saturated carbocycles. The van der Waals surface area contributed by atoms with E-state index in [1.807, 2.05) is 38.1 Å². The van der Waals surface area contributed by atoms with E-state index < -0.39 is 23.8 Å². The van der Waals surface area contributed by atoms with Gasteiger partial charge in [0.05, 0.1) is 5.57 Å². The summed E-state index contributed by atoms with van der Waals surface area (Å²) in [6.07, 6.45) is -5.67. The van der Waals surface area contributed by atoms with Gasteiger partial charge in [0.2, 0.25) is 6.10 Å². The fourth-order valence-electron chi connectivity index (χ4n) is 3.02. The van der Waals surface area contributed by atoms with Gasteiger partial charge >= 0.3 is 41.7 Å². The van der Waals surface area contributed by atoms with Crippen molar-refractivity contribution in [3.8, 4) is 5.75 Å². The van der Waals surface area contributed by atoms with Crippen LogP contribution in [0.15, 0.2) is 42.0 Å². The van der Waals surface area contributed by atoms with Gasteiger partial charge in [-0.3, -0.25) is 0 Å². The number of fused-ring (bicyclic) bond motifs is 1. The molecule has 0 bridgehead atoms. The van der Waals surface area contributed by atoms with Crippen LogP contribution in [0.5, 0.6) is 5.75 Å². The monoisotopic (exact) mass is 386 g/mol. The summed E-state index contributed by atoms with van der Waals surface area (Å²) in [6.45, 7) is 3.82. The van der Waals surface area contributed by atoms with Crippen LogP contribution in [0.3, 0.4) is 0 Å². The number of carboxylic acid groups (broad SMARTS) is 1. The summed E-state index contributed by atoms with van der Waals surface area (Å²) in [5.41, 5.74) is 3.39. The predicted octanol–water partition coefficient (Wildman–Crippen LogP) is 1.80. The van der Waals surface area contributed by atoms with Crippen LogP contribution in [-0.4, -0.2) is 23.4 Å². The summed E-state index contributed by atoms with van der Waals surface area (Å²) in [7, 11) is 0. The Morgan fingerprint density at radius 3 is 2.41 bits per heavy atom. The molecule has 1 atom stereocenters. The smallest absolute Gasteiger partial charge is 1.00 e. The molecule has 0 saturated heterocycles. The molecular weight excluding hydrogens is 368 g/mol. The average Bonchev–Trinajstić information content (AvgIpc) is 2.55. The van der Waals surface area contributed by atoms with Crippen molar-refractivity contribution in [3.05, 3.63) is 69.8 Å². The van der Waals surface area contributed by atoms with E-state index in [4.69, 9.17) is 9.84 Å². The quantitative estimate of drug-likeness (QED) is 0.819. The Balaban J connectivity index is 0.00000196. The molecule has 138 valence electrons. The number of rotatable bonds is 3. The second kappa shape index (κ2) is 8.09. The first-order valence-corrected chi connectivity index (χ1v) is 8.03. The van der Waals surface area contributed by atoms with E-state index in [0.717, 1.165) is 28.3 Å². The van der Waals surface area contributed by atoms with Crippen molar-refractivity contribution < 1.29 is 58.8 Å². The van der Waals surface area contributed by atoms with Crippen LogP contribution in [0.4, 0.5) is 13.2 Å². The van der Waals surface area contributed by atoms with Gasteiger partial charge in [0.1, 0.15) is 5.75 Å². The number of hydrogen-bond donors (Lipinski definition) is 1. The van der Waals surface area contributed by atoms with Gasteiger partial charge in [-0.1, -0.05) is 24.3 Å². The van der Waals surface area contributed by atoms with E-state index >= 15 is 0 Å². The fourth-order valence-corrected chi connectivity index (χ4v) is 3.02. The van der Waals surface area contributed by atoms with E-state index in [1.54, 1.807) is 12.1 Å². The van der Waals surface area contributed by atoms with Gasteiger partial charge in [0.25, 0.3) is 0 Å². The van der Waals surface area contributed by atoms with Gasteiger partial charge in [-0.2, -0.15) is 13.2 Å². The SMILES string of the molecule is Cc1ccccc1Cc1cc2c(cc1C)C=C(C(=O)O)C(C(F)(F)F)O2.[H-].[Na+]. The number of ether oxygens (including phenoxy) is 1. The van der Waals surface area contributed by atoms with E-state index in [9.17, 15) is 18.0 Å². The Morgan fingerprint density at radius 1 is 1.15 bits per heavy atom. The van der Waals surface area contributed by atoms with E-state index in [0.29, 0.717) is 12.0 Å². The molecule has 0 amide bonds. The molecular formula is C20H18F3NaO3. The Kier molecular flexibility index (Phi) is 6.45. The molecule has 0 aliphatic carbocycles. The van der Waals surface area contributed by atoms with Gasteiger partial charge < -0.3 is 11.3 Å². The van der Waals surface area contributed by atoms with Crippen molar-refractivity contribution in [1.82, 2.24) is 0 Å². The maximum atomic E-state index is 13.2. The minimum Gasteiger partial charge on any atom is -1.00 e. The first kappa shape index (κ1) is 21.5. The average molecular weight is 386 g/mol. The second-order valence-corrected chi connectivity index (χ2v) is 6.36. The van der Waals surface area contributed by atoms with Crippen molar-refractivity contribution in [3.63, 3.8) is 0 Å². The second-order valence-electron chi connectivity index (χ2n) is 6.36.